The number of amides is 1. The first kappa shape index (κ1) is 24.3. The molecule has 35 heavy (non-hydrogen) atoms. The summed E-state index contributed by atoms with van der Waals surface area (Å²) >= 11 is 1.49. The van der Waals surface area contributed by atoms with Gasteiger partial charge >= 0.3 is 0 Å². The topological polar surface area (TPSA) is 90.9 Å². The molecule has 2 N–H and O–H groups in total. The van der Waals surface area contributed by atoms with E-state index in [0.29, 0.717) is 12.1 Å². The fraction of sp³-hybridized carbons (Fsp3) is 0.462. The number of amidine groups is 1. The van der Waals surface area contributed by atoms with E-state index in [2.05, 4.69) is 50.9 Å². The number of carbonyl (C=O) groups excluding carboxylic acids is 1. The third-order valence-corrected chi connectivity index (χ3v) is 10.1. The summed E-state index contributed by atoms with van der Waals surface area (Å²) in [4.78, 5) is 19.5. The Morgan fingerprint density at radius 1 is 1.03 bits per heavy atom. The predicted molar refractivity (Wildman–Crippen MR) is 143 cm³/mol. The van der Waals surface area contributed by atoms with Crippen LogP contribution in [0.4, 0.5) is 5.69 Å². The number of hydrogen-bond donors (Lipinski definition) is 2. The molecule has 2 atom stereocenters. The summed E-state index contributed by atoms with van der Waals surface area (Å²) in [7, 11) is -2.95. The van der Waals surface area contributed by atoms with Gasteiger partial charge in [-0.15, -0.1) is 0 Å². The number of likely N-dealkylation sites (tertiary alicyclic amines) is 1. The molecule has 3 heterocycles. The maximum Gasteiger partial charge on any atom is 0.251 e. The molecule has 1 amide bonds. The average molecular weight is 513 g/mol. The second-order valence-corrected chi connectivity index (χ2v) is 13.0. The van der Waals surface area contributed by atoms with Gasteiger partial charge in [-0.2, -0.15) is 0 Å². The van der Waals surface area contributed by atoms with E-state index >= 15 is 0 Å². The van der Waals surface area contributed by atoms with Gasteiger partial charge in [0.25, 0.3) is 5.91 Å². The number of thioether (sulfide) groups is 1. The van der Waals surface area contributed by atoms with E-state index in [0.717, 1.165) is 42.8 Å². The van der Waals surface area contributed by atoms with Crippen LogP contribution < -0.4 is 10.6 Å². The second kappa shape index (κ2) is 10.7. The van der Waals surface area contributed by atoms with Crippen molar-refractivity contribution in [2.75, 3.05) is 43.0 Å². The summed E-state index contributed by atoms with van der Waals surface area (Å²) < 4.78 is 23.4. The van der Waals surface area contributed by atoms with Crippen LogP contribution in [0.15, 0.2) is 59.6 Å². The molecular weight excluding hydrogens is 480 g/mol. The maximum absolute atomic E-state index is 12.6. The van der Waals surface area contributed by atoms with Crippen LogP contribution in [0.1, 0.15) is 28.8 Å². The Kier molecular flexibility index (Phi) is 7.45. The summed E-state index contributed by atoms with van der Waals surface area (Å²) in [6.07, 6.45) is 3.57. The van der Waals surface area contributed by atoms with E-state index in [-0.39, 0.29) is 28.7 Å². The highest BCUT2D eigenvalue weighted by Gasteiger charge is 2.42. The maximum atomic E-state index is 12.6. The van der Waals surface area contributed by atoms with Crippen molar-refractivity contribution in [2.24, 2.45) is 10.9 Å². The van der Waals surface area contributed by atoms with E-state index in [9.17, 15) is 13.2 Å². The minimum absolute atomic E-state index is 0.0159. The van der Waals surface area contributed by atoms with Crippen LogP contribution in [0.25, 0.3) is 0 Å². The Labute approximate surface area is 211 Å². The number of nitrogens with zero attached hydrogens (tertiary/aromatic N) is 2. The van der Waals surface area contributed by atoms with Crippen LogP contribution in [0.2, 0.25) is 0 Å². The lowest BCUT2D eigenvalue weighted by molar-refractivity contribution is 0.0944. The number of carbonyl (C=O) groups is 1. The lowest BCUT2D eigenvalue weighted by Crippen LogP contribution is -2.39. The molecule has 9 heteroatoms. The highest BCUT2D eigenvalue weighted by molar-refractivity contribution is 8.15. The van der Waals surface area contributed by atoms with Crippen LogP contribution in [0, 0.1) is 5.92 Å². The Balaban J connectivity index is 1.02. The van der Waals surface area contributed by atoms with Crippen LogP contribution in [-0.4, -0.2) is 73.4 Å². The van der Waals surface area contributed by atoms with Crippen LogP contribution in [0.5, 0.6) is 0 Å². The summed E-state index contributed by atoms with van der Waals surface area (Å²) in [5.74, 6) is 1.02. The number of hydrogen-bond acceptors (Lipinski definition) is 7. The molecule has 0 spiro atoms. The van der Waals surface area contributed by atoms with E-state index in [1.54, 1.807) is 12.1 Å². The van der Waals surface area contributed by atoms with Crippen LogP contribution in [0.3, 0.4) is 0 Å². The molecule has 0 saturated carbocycles. The van der Waals surface area contributed by atoms with Gasteiger partial charge in [0.2, 0.25) is 0 Å². The van der Waals surface area contributed by atoms with Gasteiger partial charge in [-0.25, -0.2) is 8.42 Å². The molecule has 2 unspecified atom stereocenters. The fourth-order valence-corrected chi connectivity index (χ4v) is 8.71. The number of anilines is 1. The van der Waals surface area contributed by atoms with Crippen molar-refractivity contribution in [3.05, 3.63) is 65.7 Å². The van der Waals surface area contributed by atoms with Gasteiger partial charge in [0.05, 0.1) is 17.5 Å². The number of fused-ring (bicyclic) bond motifs is 1. The molecule has 0 bridgehead atoms. The zero-order chi connectivity index (χ0) is 24.3. The van der Waals surface area contributed by atoms with E-state index < -0.39 is 9.84 Å². The highest BCUT2D eigenvalue weighted by atomic mass is 32.2. The number of aliphatic imine (C=N–C) groups is 1. The third-order valence-electron chi connectivity index (χ3n) is 7.00. The number of piperidine rings is 1. The zero-order valence-electron chi connectivity index (χ0n) is 19.7. The van der Waals surface area contributed by atoms with Crippen LogP contribution in [-0.2, 0) is 16.3 Å². The van der Waals surface area contributed by atoms with Gasteiger partial charge in [0.15, 0.2) is 15.0 Å². The fourth-order valence-electron chi connectivity index (χ4n) is 5.04. The average Bonchev–Trinajstić information content (AvgIpc) is 3.33. The molecule has 2 aromatic carbocycles. The Hall–Kier alpha value is -2.36. The smallest absolute Gasteiger partial charge is 0.251 e. The second-order valence-electron chi connectivity index (χ2n) is 9.67. The van der Waals surface area contributed by atoms with E-state index in [1.165, 1.54) is 30.2 Å². The number of rotatable bonds is 7. The highest BCUT2D eigenvalue weighted by Crippen LogP contribution is 2.34. The summed E-state index contributed by atoms with van der Waals surface area (Å²) in [5, 5.41) is 7.05. The molecule has 0 aliphatic carbocycles. The molecule has 0 aromatic heterocycles. The van der Waals surface area contributed by atoms with Crippen molar-refractivity contribution in [3.63, 3.8) is 0 Å². The molecule has 186 valence electrons. The SMILES string of the molecule is O=C(NCCN1CCC(Cc2ccccc2)CC1)c1ccc(NC2=NC3CS(=O)(=O)CC3S2)cc1. The lowest BCUT2D eigenvalue weighted by Gasteiger charge is -2.32. The standard InChI is InChI=1S/C26H32N4O3S2/c31-25(27-12-15-30-13-10-20(11-14-30)16-19-4-2-1-3-5-19)21-6-8-22(9-7-21)28-26-29-23-17-35(32,33)18-24(23)34-26/h1-9,20,23-24H,10-18H2,(H,27,31)(H,28,29). The first-order chi connectivity index (χ1) is 16.9. The minimum Gasteiger partial charge on any atom is -0.351 e. The molecule has 2 saturated heterocycles. The lowest BCUT2D eigenvalue weighted by atomic mass is 9.90. The van der Waals surface area contributed by atoms with Gasteiger partial charge in [0.1, 0.15) is 0 Å². The Bertz CT molecular complexity index is 1160. The van der Waals surface area contributed by atoms with Crippen LogP contribution >= 0.6 is 11.8 Å². The molecule has 2 aromatic rings. The van der Waals surface area contributed by atoms with Crippen molar-refractivity contribution in [1.29, 1.82) is 0 Å². The third kappa shape index (κ3) is 6.45. The van der Waals surface area contributed by atoms with Crippen molar-refractivity contribution < 1.29 is 13.2 Å². The quantitative estimate of drug-likeness (QED) is 0.593. The molecule has 5 rings (SSSR count). The first-order valence-electron chi connectivity index (χ1n) is 12.3. The monoisotopic (exact) mass is 512 g/mol. The normalized spacial score (nSPS) is 24.1. The molecule has 3 aliphatic heterocycles. The van der Waals surface area contributed by atoms with Gasteiger partial charge < -0.3 is 15.5 Å². The largest absolute Gasteiger partial charge is 0.351 e. The number of benzene rings is 2. The van der Waals surface area contributed by atoms with Crippen molar-refractivity contribution in [3.8, 4) is 0 Å². The first-order valence-corrected chi connectivity index (χ1v) is 15.0. The molecular formula is C26H32N4O3S2. The number of nitrogens with one attached hydrogen (secondary N) is 2. The minimum atomic E-state index is -2.95. The summed E-state index contributed by atoms with van der Waals surface area (Å²) in [6.45, 7) is 3.69. The van der Waals surface area contributed by atoms with E-state index in [1.807, 2.05) is 12.1 Å². The molecule has 2 fully saturated rings. The Morgan fingerprint density at radius 2 is 1.77 bits per heavy atom. The predicted octanol–water partition coefficient (Wildman–Crippen LogP) is 3.05. The molecule has 7 nitrogen and oxygen atoms in total. The summed E-state index contributed by atoms with van der Waals surface area (Å²) in [5.41, 5.74) is 2.89. The van der Waals surface area contributed by atoms with Crippen molar-refractivity contribution in [2.45, 2.75) is 30.6 Å². The number of sulfone groups is 1. The summed E-state index contributed by atoms with van der Waals surface area (Å²) in [6, 6.07) is 17.9. The van der Waals surface area contributed by atoms with Gasteiger partial charge in [-0.05, 0) is 68.1 Å². The molecule has 0 radical (unpaired) electrons. The molecule has 3 aliphatic rings. The Morgan fingerprint density at radius 3 is 2.49 bits per heavy atom. The van der Waals surface area contributed by atoms with Gasteiger partial charge in [-0.3, -0.25) is 9.79 Å². The van der Waals surface area contributed by atoms with Gasteiger partial charge in [0, 0.05) is 29.6 Å². The van der Waals surface area contributed by atoms with E-state index in [4.69, 9.17) is 0 Å². The van der Waals surface area contributed by atoms with Crippen molar-refractivity contribution in [1.82, 2.24) is 10.2 Å². The van der Waals surface area contributed by atoms with Crippen molar-refractivity contribution >= 4 is 38.4 Å². The van der Waals surface area contributed by atoms with Gasteiger partial charge in [-0.1, -0.05) is 42.1 Å². The zero-order valence-corrected chi connectivity index (χ0v) is 21.4.